The number of nitrogens with zero attached hydrogens (tertiary/aromatic N) is 1. The lowest BCUT2D eigenvalue weighted by molar-refractivity contribution is 0.166. The lowest BCUT2D eigenvalue weighted by Crippen LogP contribution is -2.45. The van der Waals surface area contributed by atoms with Crippen LogP contribution in [0.4, 0.5) is 0 Å². The largest absolute Gasteiger partial charge is 0.504 e. The molecule has 126 valence electrons. The van der Waals surface area contributed by atoms with Crippen molar-refractivity contribution in [2.45, 2.75) is 18.9 Å². The summed E-state index contributed by atoms with van der Waals surface area (Å²) in [4.78, 5) is 2.49. The lowest BCUT2D eigenvalue weighted by atomic mass is 9.99. The van der Waals surface area contributed by atoms with Crippen molar-refractivity contribution in [2.75, 3.05) is 33.3 Å². The van der Waals surface area contributed by atoms with Gasteiger partial charge in [0.1, 0.15) is 0 Å². The summed E-state index contributed by atoms with van der Waals surface area (Å²) in [6, 6.07) is 6.01. The molecule has 0 aromatic heterocycles. The highest BCUT2D eigenvalue weighted by Gasteiger charge is 2.22. The molecule has 1 aromatic rings. The van der Waals surface area contributed by atoms with Crippen molar-refractivity contribution >= 4 is 24.8 Å². The fraction of sp³-hybridized carbons (Fsp3) is 0.500. The quantitative estimate of drug-likeness (QED) is 0.775. The maximum Gasteiger partial charge on any atom is 0.160 e. The number of methoxy groups -OCH3 is 1. The van der Waals surface area contributed by atoms with Gasteiger partial charge >= 0.3 is 0 Å². The molecule has 0 aliphatic carbocycles. The standard InChI is InChI=1S/C16H24N2O2.2ClH/c1-3-4-5-14(18-10-8-17-9-11-18)13-6-7-15(19)16(12-13)20-2;;/h3,6-7,12,14,17,19H,1,4-5,8-11H2,2H3;2*1H/t14-;;/m1../s1. The third-order valence-electron chi connectivity index (χ3n) is 3.83. The first-order valence-electron chi connectivity index (χ1n) is 7.19. The van der Waals surface area contributed by atoms with E-state index in [0.29, 0.717) is 11.8 Å². The minimum Gasteiger partial charge on any atom is -0.504 e. The first kappa shape index (κ1) is 21.1. The Morgan fingerprint density at radius 1 is 1.36 bits per heavy atom. The van der Waals surface area contributed by atoms with Gasteiger partial charge in [0, 0.05) is 32.2 Å². The van der Waals surface area contributed by atoms with Crippen molar-refractivity contribution in [2.24, 2.45) is 0 Å². The first-order chi connectivity index (χ1) is 9.76. The molecule has 4 nitrogen and oxygen atoms in total. The fourth-order valence-electron chi connectivity index (χ4n) is 2.73. The summed E-state index contributed by atoms with van der Waals surface area (Å²) >= 11 is 0. The van der Waals surface area contributed by atoms with E-state index in [-0.39, 0.29) is 30.6 Å². The van der Waals surface area contributed by atoms with Gasteiger partial charge in [0.15, 0.2) is 11.5 Å². The second-order valence-electron chi connectivity index (χ2n) is 5.10. The molecule has 6 heteroatoms. The zero-order valence-electron chi connectivity index (χ0n) is 13.0. The van der Waals surface area contributed by atoms with E-state index in [2.05, 4.69) is 16.8 Å². The van der Waals surface area contributed by atoms with Crippen LogP contribution >= 0.6 is 24.8 Å². The molecule has 1 aliphatic heterocycles. The van der Waals surface area contributed by atoms with E-state index in [0.717, 1.165) is 39.0 Å². The van der Waals surface area contributed by atoms with Crippen LogP contribution in [0, 0.1) is 0 Å². The van der Waals surface area contributed by atoms with Crippen molar-refractivity contribution in [1.82, 2.24) is 10.2 Å². The zero-order chi connectivity index (χ0) is 14.4. The number of hydrogen-bond acceptors (Lipinski definition) is 4. The van der Waals surface area contributed by atoms with Crippen LogP contribution in [0.15, 0.2) is 30.9 Å². The molecule has 2 N–H and O–H groups in total. The monoisotopic (exact) mass is 348 g/mol. The SMILES string of the molecule is C=CCC[C@H](c1ccc(O)c(OC)c1)N1CCNCC1.Cl.Cl. The van der Waals surface area contributed by atoms with E-state index in [1.54, 1.807) is 13.2 Å². The van der Waals surface area contributed by atoms with Gasteiger partial charge < -0.3 is 15.2 Å². The molecule has 1 aliphatic rings. The number of benzene rings is 1. The summed E-state index contributed by atoms with van der Waals surface area (Å²) in [5.74, 6) is 0.736. The Morgan fingerprint density at radius 3 is 2.64 bits per heavy atom. The minimum atomic E-state index is 0. The van der Waals surface area contributed by atoms with Crippen LogP contribution < -0.4 is 10.1 Å². The average Bonchev–Trinajstić information content (AvgIpc) is 2.50. The van der Waals surface area contributed by atoms with Gasteiger partial charge in [-0.1, -0.05) is 12.1 Å². The highest BCUT2D eigenvalue weighted by atomic mass is 35.5. The number of ether oxygens (including phenoxy) is 1. The molecule has 0 spiro atoms. The molecule has 0 saturated carbocycles. The van der Waals surface area contributed by atoms with E-state index in [4.69, 9.17) is 4.74 Å². The van der Waals surface area contributed by atoms with Gasteiger partial charge in [0.05, 0.1) is 7.11 Å². The van der Waals surface area contributed by atoms with Gasteiger partial charge in [-0.3, -0.25) is 4.90 Å². The van der Waals surface area contributed by atoms with E-state index in [1.165, 1.54) is 5.56 Å². The highest BCUT2D eigenvalue weighted by Crippen LogP contribution is 2.33. The molecular formula is C16H26Cl2N2O2. The number of phenols is 1. The van der Waals surface area contributed by atoms with Crippen LogP contribution in [0.5, 0.6) is 11.5 Å². The van der Waals surface area contributed by atoms with Crippen molar-refractivity contribution in [3.8, 4) is 11.5 Å². The number of piperazine rings is 1. The van der Waals surface area contributed by atoms with Crippen LogP contribution in [0.25, 0.3) is 0 Å². The Hall–Kier alpha value is -0.940. The third-order valence-corrected chi connectivity index (χ3v) is 3.83. The molecule has 0 bridgehead atoms. The summed E-state index contributed by atoms with van der Waals surface area (Å²) in [7, 11) is 1.59. The number of aromatic hydroxyl groups is 1. The normalized spacial score (nSPS) is 16.0. The number of halogens is 2. The minimum absolute atomic E-state index is 0. The van der Waals surface area contributed by atoms with E-state index >= 15 is 0 Å². The van der Waals surface area contributed by atoms with Gasteiger partial charge in [-0.05, 0) is 30.5 Å². The van der Waals surface area contributed by atoms with Gasteiger partial charge in [0.25, 0.3) is 0 Å². The van der Waals surface area contributed by atoms with Gasteiger partial charge in [-0.15, -0.1) is 31.4 Å². The predicted octanol–water partition coefficient (Wildman–Crippen LogP) is 3.16. The number of phenolic OH excluding ortho intramolecular Hbond substituents is 1. The van der Waals surface area contributed by atoms with Gasteiger partial charge in [-0.2, -0.15) is 0 Å². The smallest absolute Gasteiger partial charge is 0.160 e. The Balaban J connectivity index is 0.00000220. The first-order valence-corrected chi connectivity index (χ1v) is 7.19. The van der Waals surface area contributed by atoms with Crippen molar-refractivity contribution < 1.29 is 9.84 Å². The molecule has 1 saturated heterocycles. The summed E-state index contributed by atoms with van der Waals surface area (Å²) in [5, 5.41) is 13.1. The fourth-order valence-corrected chi connectivity index (χ4v) is 2.73. The van der Waals surface area contributed by atoms with Crippen LogP contribution in [0.3, 0.4) is 0 Å². The lowest BCUT2D eigenvalue weighted by Gasteiger charge is -2.35. The molecule has 2 rings (SSSR count). The summed E-state index contributed by atoms with van der Waals surface area (Å²) in [5.41, 5.74) is 1.20. The molecule has 1 heterocycles. The number of hydrogen-bond donors (Lipinski definition) is 2. The maximum atomic E-state index is 9.74. The maximum absolute atomic E-state index is 9.74. The second-order valence-corrected chi connectivity index (χ2v) is 5.10. The number of allylic oxidation sites excluding steroid dienone is 1. The Kier molecular flexibility index (Phi) is 10.3. The molecular weight excluding hydrogens is 323 g/mol. The molecule has 0 unspecified atom stereocenters. The van der Waals surface area contributed by atoms with Crippen molar-refractivity contribution in [1.29, 1.82) is 0 Å². The Labute approximate surface area is 145 Å². The van der Waals surface area contributed by atoms with Crippen LogP contribution in [-0.4, -0.2) is 43.3 Å². The van der Waals surface area contributed by atoms with Crippen molar-refractivity contribution in [3.05, 3.63) is 36.4 Å². The highest BCUT2D eigenvalue weighted by molar-refractivity contribution is 5.85. The van der Waals surface area contributed by atoms with Crippen LogP contribution in [0.1, 0.15) is 24.4 Å². The average molecular weight is 349 g/mol. The van der Waals surface area contributed by atoms with E-state index in [9.17, 15) is 5.11 Å². The molecule has 1 fully saturated rings. The third kappa shape index (κ3) is 5.36. The Bertz CT molecular complexity index is 452. The topological polar surface area (TPSA) is 44.7 Å². The van der Waals surface area contributed by atoms with Crippen molar-refractivity contribution in [3.63, 3.8) is 0 Å². The van der Waals surface area contributed by atoms with Gasteiger partial charge in [0.2, 0.25) is 0 Å². The zero-order valence-corrected chi connectivity index (χ0v) is 14.6. The van der Waals surface area contributed by atoms with E-state index < -0.39 is 0 Å². The Morgan fingerprint density at radius 2 is 2.05 bits per heavy atom. The predicted molar refractivity (Wildman–Crippen MR) is 95.8 cm³/mol. The molecule has 0 radical (unpaired) electrons. The molecule has 1 atom stereocenters. The summed E-state index contributed by atoms with van der Waals surface area (Å²) in [6.07, 6.45) is 3.99. The van der Waals surface area contributed by atoms with E-state index in [1.807, 2.05) is 18.2 Å². The number of rotatable bonds is 6. The molecule has 22 heavy (non-hydrogen) atoms. The summed E-state index contributed by atoms with van der Waals surface area (Å²) < 4.78 is 5.23. The van der Waals surface area contributed by atoms with Crippen LogP contribution in [-0.2, 0) is 0 Å². The van der Waals surface area contributed by atoms with Crippen LogP contribution in [0.2, 0.25) is 0 Å². The molecule has 0 amide bonds. The molecule has 1 aromatic carbocycles. The van der Waals surface area contributed by atoms with Gasteiger partial charge in [-0.25, -0.2) is 0 Å². The number of nitrogens with one attached hydrogen (secondary N) is 1. The summed E-state index contributed by atoms with van der Waals surface area (Å²) in [6.45, 7) is 7.97. The second kappa shape index (κ2) is 10.7.